The van der Waals surface area contributed by atoms with E-state index in [9.17, 15) is 13.2 Å². The average Bonchev–Trinajstić information content (AvgIpc) is 3.50. The van der Waals surface area contributed by atoms with Crippen molar-refractivity contribution in [2.45, 2.75) is 20.0 Å². The van der Waals surface area contributed by atoms with Gasteiger partial charge in [0.15, 0.2) is 5.69 Å². The van der Waals surface area contributed by atoms with E-state index in [4.69, 9.17) is 0 Å². The van der Waals surface area contributed by atoms with Crippen molar-refractivity contribution < 1.29 is 13.2 Å². The summed E-state index contributed by atoms with van der Waals surface area (Å²) in [4.78, 5) is 8.99. The zero-order chi connectivity index (χ0) is 23.9. The number of thiophene rings is 1. The Bertz CT molecular complexity index is 1440. The van der Waals surface area contributed by atoms with Crippen molar-refractivity contribution in [3.05, 3.63) is 95.0 Å². The molecule has 5 aromatic rings. The number of halogens is 3. The number of hydrogen-bond acceptors (Lipinski definition) is 4. The van der Waals surface area contributed by atoms with Crippen LogP contribution >= 0.6 is 11.3 Å². The third-order valence-corrected chi connectivity index (χ3v) is 6.26. The quantitative estimate of drug-likeness (QED) is 0.272. The van der Waals surface area contributed by atoms with E-state index in [1.165, 1.54) is 16.0 Å². The van der Waals surface area contributed by atoms with Crippen LogP contribution < -0.4 is 0 Å². The highest BCUT2D eigenvalue weighted by Crippen LogP contribution is 2.34. The van der Waals surface area contributed by atoms with Crippen molar-refractivity contribution in [2.24, 2.45) is 0 Å². The number of hydrogen-bond donors (Lipinski definition) is 0. The first-order valence-electron chi connectivity index (χ1n) is 10.5. The van der Waals surface area contributed by atoms with Crippen LogP contribution in [-0.2, 0) is 6.18 Å². The van der Waals surface area contributed by atoms with Gasteiger partial charge in [-0.25, -0.2) is 9.97 Å². The van der Waals surface area contributed by atoms with Crippen LogP contribution in [0.15, 0.2) is 78.2 Å². The van der Waals surface area contributed by atoms with Gasteiger partial charge in [0.1, 0.15) is 0 Å². The first-order valence-corrected chi connectivity index (χ1v) is 11.4. The van der Waals surface area contributed by atoms with Gasteiger partial charge in [-0.2, -0.15) is 23.0 Å². The molecule has 3 aromatic heterocycles. The van der Waals surface area contributed by atoms with Crippen LogP contribution in [0.1, 0.15) is 16.8 Å². The summed E-state index contributed by atoms with van der Waals surface area (Å²) in [7, 11) is 0. The predicted molar refractivity (Wildman–Crippen MR) is 128 cm³/mol. The monoisotopic (exact) mass is 476 g/mol. The van der Waals surface area contributed by atoms with Crippen LogP contribution in [0.2, 0.25) is 0 Å². The standard InChI is InChI=1S/C26H19F3N4S/c1-16-5-9-18(10-6-16)20-14-22(19-11-7-17(2)8-12-19)33(32-20)25-30-21(23-4-3-13-34-23)15-24(31-25)26(27,28)29/h3-15H,1-2H3. The Labute approximate surface area is 198 Å². The van der Waals surface area contributed by atoms with E-state index in [1.54, 1.807) is 17.5 Å². The highest BCUT2D eigenvalue weighted by molar-refractivity contribution is 7.13. The van der Waals surface area contributed by atoms with Crippen molar-refractivity contribution in [3.8, 4) is 39.0 Å². The summed E-state index contributed by atoms with van der Waals surface area (Å²) in [6.07, 6.45) is -4.62. The molecule has 8 heteroatoms. The van der Waals surface area contributed by atoms with Gasteiger partial charge in [0.25, 0.3) is 5.95 Å². The lowest BCUT2D eigenvalue weighted by molar-refractivity contribution is -0.141. The minimum Gasteiger partial charge on any atom is -0.210 e. The van der Waals surface area contributed by atoms with E-state index >= 15 is 0 Å². The van der Waals surface area contributed by atoms with Crippen molar-refractivity contribution in [2.75, 3.05) is 0 Å². The van der Waals surface area contributed by atoms with Crippen molar-refractivity contribution in [1.29, 1.82) is 0 Å². The molecule has 5 rings (SSSR count). The molecular weight excluding hydrogens is 457 g/mol. The number of benzene rings is 2. The fourth-order valence-electron chi connectivity index (χ4n) is 3.55. The third kappa shape index (κ3) is 4.36. The molecule has 0 atom stereocenters. The molecule has 0 spiro atoms. The van der Waals surface area contributed by atoms with E-state index in [-0.39, 0.29) is 11.6 Å². The average molecular weight is 477 g/mol. The van der Waals surface area contributed by atoms with Crippen molar-refractivity contribution in [1.82, 2.24) is 19.7 Å². The first kappa shape index (κ1) is 22.0. The zero-order valence-electron chi connectivity index (χ0n) is 18.3. The minimum absolute atomic E-state index is 0.132. The molecule has 0 aliphatic heterocycles. The number of nitrogens with zero attached hydrogens (tertiary/aromatic N) is 4. The second kappa shape index (κ2) is 8.53. The Morgan fingerprint density at radius 3 is 2.00 bits per heavy atom. The molecule has 0 unspecified atom stereocenters. The molecule has 0 amide bonds. The summed E-state index contributed by atoms with van der Waals surface area (Å²) >= 11 is 1.32. The number of rotatable bonds is 4. The summed E-state index contributed by atoms with van der Waals surface area (Å²) in [5.41, 5.74) is 4.24. The summed E-state index contributed by atoms with van der Waals surface area (Å²) in [6.45, 7) is 3.96. The van der Waals surface area contributed by atoms with Crippen LogP contribution in [0, 0.1) is 13.8 Å². The molecule has 0 aliphatic carbocycles. The Morgan fingerprint density at radius 2 is 1.41 bits per heavy atom. The van der Waals surface area contributed by atoms with Gasteiger partial charge in [-0.15, -0.1) is 11.3 Å². The topological polar surface area (TPSA) is 43.6 Å². The highest BCUT2D eigenvalue weighted by atomic mass is 32.1. The molecule has 0 bridgehead atoms. The van der Waals surface area contributed by atoms with Gasteiger partial charge in [0.2, 0.25) is 0 Å². The predicted octanol–water partition coefficient (Wildman–Crippen LogP) is 7.36. The van der Waals surface area contributed by atoms with Crippen LogP contribution in [-0.4, -0.2) is 19.7 Å². The lowest BCUT2D eigenvalue weighted by atomic mass is 10.1. The van der Waals surface area contributed by atoms with E-state index < -0.39 is 11.9 Å². The Hall–Kier alpha value is -3.78. The second-order valence-electron chi connectivity index (χ2n) is 7.97. The molecule has 2 aromatic carbocycles. The third-order valence-electron chi connectivity index (χ3n) is 5.37. The largest absolute Gasteiger partial charge is 0.433 e. The minimum atomic E-state index is -4.62. The molecule has 0 N–H and O–H groups in total. The molecule has 3 heterocycles. The molecule has 0 radical (unpaired) electrons. The molecule has 0 saturated carbocycles. The van der Waals surface area contributed by atoms with E-state index in [2.05, 4.69) is 15.1 Å². The van der Waals surface area contributed by atoms with Gasteiger partial charge in [-0.05, 0) is 37.4 Å². The molecule has 34 heavy (non-hydrogen) atoms. The fraction of sp³-hybridized carbons (Fsp3) is 0.115. The highest BCUT2D eigenvalue weighted by Gasteiger charge is 2.34. The second-order valence-corrected chi connectivity index (χ2v) is 8.92. The maximum Gasteiger partial charge on any atom is 0.433 e. The van der Waals surface area contributed by atoms with Crippen LogP contribution in [0.4, 0.5) is 13.2 Å². The maximum atomic E-state index is 13.8. The van der Waals surface area contributed by atoms with E-state index in [0.29, 0.717) is 16.3 Å². The summed E-state index contributed by atoms with van der Waals surface area (Å²) in [6, 6.07) is 21.9. The summed E-state index contributed by atoms with van der Waals surface area (Å²) in [5, 5.41) is 6.45. The molecule has 0 fully saturated rings. The van der Waals surface area contributed by atoms with Crippen LogP contribution in [0.5, 0.6) is 0 Å². The van der Waals surface area contributed by atoms with Gasteiger partial charge in [-0.3, -0.25) is 0 Å². The van der Waals surface area contributed by atoms with E-state index in [1.807, 2.05) is 68.4 Å². The maximum absolute atomic E-state index is 13.8. The molecule has 0 saturated heterocycles. The lowest BCUT2D eigenvalue weighted by Gasteiger charge is -2.12. The van der Waals surface area contributed by atoms with Crippen molar-refractivity contribution >= 4 is 11.3 Å². The fourth-order valence-corrected chi connectivity index (χ4v) is 4.24. The van der Waals surface area contributed by atoms with Gasteiger partial charge in [0, 0.05) is 11.1 Å². The van der Waals surface area contributed by atoms with Gasteiger partial charge in [-0.1, -0.05) is 65.7 Å². The summed E-state index contributed by atoms with van der Waals surface area (Å²) < 4.78 is 42.7. The zero-order valence-corrected chi connectivity index (χ0v) is 19.2. The Morgan fingerprint density at radius 1 is 0.765 bits per heavy atom. The molecule has 0 aliphatic rings. The number of aryl methyl sites for hydroxylation is 2. The summed E-state index contributed by atoms with van der Waals surface area (Å²) in [5.74, 6) is -0.132. The Kier molecular flexibility index (Phi) is 5.53. The van der Waals surface area contributed by atoms with E-state index in [0.717, 1.165) is 28.3 Å². The lowest BCUT2D eigenvalue weighted by Crippen LogP contribution is -2.14. The van der Waals surface area contributed by atoms with Gasteiger partial charge in [0.05, 0.1) is 22.0 Å². The SMILES string of the molecule is Cc1ccc(-c2cc(-c3ccc(C)cc3)n(-c3nc(-c4cccs4)cc(C(F)(F)F)n3)n2)cc1. The number of alkyl halides is 3. The Balaban J connectivity index is 1.74. The number of aromatic nitrogens is 4. The van der Waals surface area contributed by atoms with Gasteiger partial charge < -0.3 is 0 Å². The smallest absolute Gasteiger partial charge is 0.210 e. The molecular formula is C26H19F3N4S. The van der Waals surface area contributed by atoms with Crippen molar-refractivity contribution in [3.63, 3.8) is 0 Å². The molecule has 4 nitrogen and oxygen atoms in total. The van der Waals surface area contributed by atoms with Crippen LogP contribution in [0.3, 0.4) is 0 Å². The van der Waals surface area contributed by atoms with Gasteiger partial charge >= 0.3 is 6.18 Å². The normalized spacial score (nSPS) is 11.7. The first-order chi connectivity index (χ1) is 16.3. The molecule has 170 valence electrons. The van der Waals surface area contributed by atoms with Crippen LogP contribution in [0.25, 0.3) is 39.0 Å².